The predicted molar refractivity (Wildman–Crippen MR) is 69.4 cm³/mol. The van der Waals surface area contributed by atoms with Crippen molar-refractivity contribution in [3.8, 4) is 11.5 Å². The van der Waals surface area contributed by atoms with Crippen molar-refractivity contribution in [2.45, 2.75) is 19.6 Å². The molecule has 2 heterocycles. The van der Waals surface area contributed by atoms with E-state index < -0.39 is 6.10 Å². The van der Waals surface area contributed by atoms with Crippen LogP contribution in [-0.2, 0) is 6.54 Å². The molecule has 0 bridgehead atoms. The molecular formula is C12H16N2O3S. The first kappa shape index (κ1) is 12.9. The highest BCUT2D eigenvalue weighted by Gasteiger charge is 2.22. The number of aliphatic hydroxyl groups is 1. The summed E-state index contributed by atoms with van der Waals surface area (Å²) >= 11 is 1.45. The Bertz CT molecular complexity index is 500. The first-order valence-corrected chi connectivity index (χ1v) is 6.49. The maximum Gasteiger partial charge on any atom is 0.163 e. The number of aliphatic hydroxyl groups excluding tert-OH is 1. The van der Waals surface area contributed by atoms with Gasteiger partial charge in [-0.15, -0.1) is 11.3 Å². The van der Waals surface area contributed by atoms with E-state index in [1.165, 1.54) is 11.3 Å². The summed E-state index contributed by atoms with van der Waals surface area (Å²) in [5.74, 6) is 1.34. The van der Waals surface area contributed by atoms with Gasteiger partial charge in [-0.05, 0) is 13.0 Å². The van der Waals surface area contributed by atoms with Crippen molar-refractivity contribution in [3.05, 3.63) is 28.2 Å². The Morgan fingerprint density at radius 2 is 2.22 bits per heavy atom. The van der Waals surface area contributed by atoms with E-state index >= 15 is 0 Å². The van der Waals surface area contributed by atoms with Crippen LogP contribution in [0.2, 0.25) is 0 Å². The first-order chi connectivity index (χ1) is 8.71. The fourth-order valence-corrected chi connectivity index (χ4v) is 2.62. The molecule has 5 nitrogen and oxygen atoms in total. The number of hydrogen-bond donors (Lipinski definition) is 1. The van der Waals surface area contributed by atoms with Gasteiger partial charge in [-0.1, -0.05) is 0 Å². The maximum absolute atomic E-state index is 10.4. The van der Waals surface area contributed by atoms with Gasteiger partial charge in [0.2, 0.25) is 0 Å². The van der Waals surface area contributed by atoms with Gasteiger partial charge in [0.25, 0.3) is 0 Å². The summed E-state index contributed by atoms with van der Waals surface area (Å²) in [5.41, 5.74) is 0.671. The van der Waals surface area contributed by atoms with E-state index in [1.54, 1.807) is 25.1 Å². The van der Waals surface area contributed by atoms with Crippen LogP contribution in [0, 0.1) is 0 Å². The van der Waals surface area contributed by atoms with Crippen LogP contribution in [0.1, 0.15) is 23.6 Å². The van der Waals surface area contributed by atoms with E-state index in [9.17, 15) is 5.11 Å². The van der Waals surface area contributed by atoms with Crippen LogP contribution < -0.4 is 9.47 Å². The highest BCUT2D eigenvalue weighted by Crippen LogP contribution is 2.34. The average molecular weight is 268 g/mol. The molecule has 18 heavy (non-hydrogen) atoms. The third-order valence-electron chi connectivity index (χ3n) is 2.72. The Morgan fingerprint density at radius 1 is 1.44 bits per heavy atom. The van der Waals surface area contributed by atoms with E-state index in [0.29, 0.717) is 18.0 Å². The average Bonchev–Trinajstić information content (AvgIpc) is 3.03. The molecule has 0 aliphatic rings. The fourth-order valence-electron chi connectivity index (χ4n) is 1.78. The van der Waals surface area contributed by atoms with E-state index in [0.717, 1.165) is 10.6 Å². The Hall–Kier alpha value is -1.53. The molecule has 0 radical (unpaired) electrons. The molecule has 0 spiro atoms. The molecule has 1 atom stereocenters. The quantitative estimate of drug-likeness (QED) is 0.902. The van der Waals surface area contributed by atoms with Crippen molar-refractivity contribution in [1.29, 1.82) is 0 Å². The van der Waals surface area contributed by atoms with Crippen molar-refractivity contribution in [2.75, 3.05) is 14.2 Å². The number of aryl methyl sites for hydroxylation is 1. The van der Waals surface area contributed by atoms with Gasteiger partial charge in [0.1, 0.15) is 17.5 Å². The van der Waals surface area contributed by atoms with Crippen LogP contribution in [0.15, 0.2) is 17.6 Å². The maximum atomic E-state index is 10.4. The summed E-state index contributed by atoms with van der Waals surface area (Å²) in [5, 5.41) is 16.5. The van der Waals surface area contributed by atoms with Crippen molar-refractivity contribution in [2.24, 2.45) is 0 Å². The van der Waals surface area contributed by atoms with Gasteiger partial charge in [-0.2, -0.15) is 5.10 Å². The van der Waals surface area contributed by atoms with Gasteiger partial charge < -0.3 is 14.6 Å². The van der Waals surface area contributed by atoms with Crippen molar-refractivity contribution >= 4 is 11.3 Å². The monoisotopic (exact) mass is 268 g/mol. The second-order valence-corrected chi connectivity index (χ2v) is 4.65. The van der Waals surface area contributed by atoms with Crippen molar-refractivity contribution in [1.82, 2.24) is 9.78 Å². The number of ether oxygens (including phenoxy) is 2. The lowest BCUT2D eigenvalue weighted by Crippen LogP contribution is -2.09. The number of rotatable bonds is 5. The van der Waals surface area contributed by atoms with Crippen molar-refractivity contribution in [3.63, 3.8) is 0 Å². The largest absolute Gasteiger partial charge is 0.496 e. The lowest BCUT2D eigenvalue weighted by atomic mass is 10.2. The molecule has 0 aromatic carbocycles. The number of thiophene rings is 1. The van der Waals surface area contributed by atoms with E-state index in [2.05, 4.69) is 5.10 Å². The Kier molecular flexibility index (Phi) is 3.88. The minimum absolute atomic E-state index is 0.594. The van der Waals surface area contributed by atoms with Crippen LogP contribution in [0.4, 0.5) is 0 Å². The Labute approximate surface area is 110 Å². The third-order valence-corrected chi connectivity index (χ3v) is 3.69. The van der Waals surface area contributed by atoms with Crippen LogP contribution in [0.25, 0.3) is 0 Å². The lowest BCUT2D eigenvalue weighted by Gasteiger charge is -2.12. The number of hydrogen-bond acceptors (Lipinski definition) is 5. The van der Waals surface area contributed by atoms with Crippen LogP contribution >= 0.6 is 11.3 Å². The molecule has 1 unspecified atom stereocenters. The Morgan fingerprint density at radius 3 is 2.78 bits per heavy atom. The molecule has 0 amide bonds. The number of methoxy groups -OCH3 is 2. The van der Waals surface area contributed by atoms with Crippen LogP contribution in [0.3, 0.4) is 0 Å². The summed E-state index contributed by atoms with van der Waals surface area (Å²) in [6.45, 7) is 2.65. The molecule has 2 aromatic heterocycles. The number of aromatic nitrogens is 2. The molecule has 2 rings (SSSR count). The highest BCUT2D eigenvalue weighted by atomic mass is 32.1. The summed E-state index contributed by atoms with van der Waals surface area (Å²) in [6, 6.07) is 1.82. The summed E-state index contributed by atoms with van der Waals surface area (Å²) < 4.78 is 12.1. The molecule has 98 valence electrons. The topological polar surface area (TPSA) is 56.5 Å². The lowest BCUT2D eigenvalue weighted by molar-refractivity contribution is 0.206. The van der Waals surface area contributed by atoms with Crippen LogP contribution in [0.5, 0.6) is 11.5 Å². The highest BCUT2D eigenvalue weighted by molar-refractivity contribution is 7.10. The first-order valence-electron chi connectivity index (χ1n) is 5.61. The van der Waals surface area contributed by atoms with E-state index in [4.69, 9.17) is 9.47 Å². The SMILES string of the molecule is CCn1ncc(OC)c1C(O)c1cc(OC)cs1. The van der Waals surface area contributed by atoms with Gasteiger partial charge in [0.15, 0.2) is 5.75 Å². The normalized spacial score (nSPS) is 12.4. The van der Waals surface area contributed by atoms with Gasteiger partial charge in [-0.3, -0.25) is 4.68 Å². The molecule has 1 N–H and O–H groups in total. The van der Waals surface area contributed by atoms with E-state index in [1.807, 2.05) is 18.4 Å². The molecule has 0 saturated heterocycles. The molecule has 0 aliphatic heterocycles. The van der Waals surface area contributed by atoms with Gasteiger partial charge in [0.05, 0.1) is 20.4 Å². The van der Waals surface area contributed by atoms with Crippen LogP contribution in [-0.4, -0.2) is 29.1 Å². The molecule has 0 saturated carbocycles. The molecule has 0 fully saturated rings. The van der Waals surface area contributed by atoms with Gasteiger partial charge in [-0.25, -0.2) is 0 Å². The minimum Gasteiger partial charge on any atom is -0.496 e. The van der Waals surface area contributed by atoms with Gasteiger partial charge in [0, 0.05) is 16.8 Å². The number of nitrogens with zero attached hydrogens (tertiary/aromatic N) is 2. The molecule has 6 heteroatoms. The smallest absolute Gasteiger partial charge is 0.163 e. The minimum atomic E-state index is -0.753. The molecule has 0 aliphatic carbocycles. The van der Waals surface area contributed by atoms with Crippen molar-refractivity contribution < 1.29 is 14.6 Å². The molecule has 2 aromatic rings. The second-order valence-electron chi connectivity index (χ2n) is 3.71. The Balaban J connectivity index is 2.37. The zero-order valence-electron chi connectivity index (χ0n) is 10.6. The molecular weight excluding hydrogens is 252 g/mol. The van der Waals surface area contributed by atoms with Gasteiger partial charge >= 0.3 is 0 Å². The summed E-state index contributed by atoms with van der Waals surface area (Å²) in [7, 11) is 3.18. The van der Waals surface area contributed by atoms with E-state index in [-0.39, 0.29) is 0 Å². The third kappa shape index (κ3) is 2.21. The fraction of sp³-hybridized carbons (Fsp3) is 0.417. The predicted octanol–water partition coefficient (Wildman–Crippen LogP) is 2.06. The standard InChI is InChI=1S/C12H16N2O3S/c1-4-14-11(9(17-3)6-13-14)12(15)10-5-8(16-2)7-18-10/h5-7,12,15H,4H2,1-3H3. The summed E-state index contributed by atoms with van der Waals surface area (Å²) in [6.07, 6.45) is 0.865. The second kappa shape index (κ2) is 5.41. The summed E-state index contributed by atoms with van der Waals surface area (Å²) in [4.78, 5) is 0.806. The zero-order chi connectivity index (χ0) is 13.1. The zero-order valence-corrected chi connectivity index (χ0v) is 11.4.